The molecule has 1 heterocycles. The number of rotatable bonds is 1. The molecular formula is C9H10BNO2. The molecule has 0 fully saturated rings. The van der Waals surface area contributed by atoms with Crippen molar-refractivity contribution in [3.63, 3.8) is 0 Å². The Balaban J connectivity index is 2.64. The zero-order valence-corrected chi connectivity index (χ0v) is 7.36. The zero-order chi connectivity index (χ0) is 9.42. The minimum atomic E-state index is -1.40. The summed E-state index contributed by atoms with van der Waals surface area (Å²) in [5.41, 5.74) is 3.41. The molecule has 0 radical (unpaired) electrons. The maximum Gasteiger partial charge on any atom is 0.489 e. The van der Waals surface area contributed by atoms with Gasteiger partial charge in [-0.3, -0.25) is 4.99 Å². The third-order valence-corrected chi connectivity index (χ3v) is 2.34. The second-order valence-corrected chi connectivity index (χ2v) is 3.21. The standard InChI is InChI=1S/C9H10BNO2/c1-6-2-3-7-4-11-5-8(7)9(6)10(12)13/h2-3,5,12-13H,4H2,1H3. The number of nitrogens with zero attached hydrogens (tertiary/aromatic N) is 1. The molecule has 2 rings (SSSR count). The highest BCUT2D eigenvalue weighted by atomic mass is 16.4. The number of hydrogen-bond donors (Lipinski definition) is 2. The minimum Gasteiger partial charge on any atom is -0.423 e. The fourth-order valence-corrected chi connectivity index (χ4v) is 1.66. The van der Waals surface area contributed by atoms with E-state index in [1.54, 1.807) is 6.21 Å². The third kappa shape index (κ3) is 1.28. The smallest absolute Gasteiger partial charge is 0.423 e. The van der Waals surface area contributed by atoms with Crippen molar-refractivity contribution in [2.45, 2.75) is 13.5 Å². The SMILES string of the molecule is Cc1ccc2c(c1B(O)O)C=NC2. The van der Waals surface area contributed by atoms with Crippen molar-refractivity contribution in [2.75, 3.05) is 0 Å². The molecule has 2 N–H and O–H groups in total. The Bertz CT molecular complexity index is 374. The highest BCUT2D eigenvalue weighted by molar-refractivity contribution is 6.60. The van der Waals surface area contributed by atoms with Crippen molar-refractivity contribution in [3.05, 3.63) is 28.8 Å². The molecule has 1 aromatic carbocycles. The quantitative estimate of drug-likeness (QED) is 0.571. The van der Waals surface area contributed by atoms with Crippen molar-refractivity contribution in [1.29, 1.82) is 0 Å². The first-order valence-electron chi connectivity index (χ1n) is 4.18. The van der Waals surface area contributed by atoms with Gasteiger partial charge in [0.1, 0.15) is 0 Å². The van der Waals surface area contributed by atoms with Gasteiger partial charge in [-0.1, -0.05) is 17.7 Å². The molecule has 0 bridgehead atoms. The van der Waals surface area contributed by atoms with E-state index in [1.807, 2.05) is 19.1 Å². The Morgan fingerprint density at radius 1 is 1.38 bits per heavy atom. The average molecular weight is 175 g/mol. The maximum absolute atomic E-state index is 9.16. The molecule has 3 nitrogen and oxygen atoms in total. The van der Waals surface area contributed by atoms with E-state index in [4.69, 9.17) is 10.0 Å². The molecule has 0 saturated heterocycles. The van der Waals surface area contributed by atoms with Crippen LogP contribution in [0.15, 0.2) is 17.1 Å². The molecule has 0 unspecified atom stereocenters. The fourth-order valence-electron chi connectivity index (χ4n) is 1.66. The molecule has 1 aliphatic rings. The number of fused-ring (bicyclic) bond motifs is 1. The van der Waals surface area contributed by atoms with E-state index >= 15 is 0 Å². The van der Waals surface area contributed by atoms with Gasteiger partial charge in [0.2, 0.25) is 0 Å². The van der Waals surface area contributed by atoms with Crippen LogP contribution in [0, 0.1) is 6.92 Å². The monoisotopic (exact) mass is 175 g/mol. The van der Waals surface area contributed by atoms with Crippen LogP contribution in [-0.4, -0.2) is 23.4 Å². The van der Waals surface area contributed by atoms with Crippen LogP contribution < -0.4 is 5.46 Å². The lowest BCUT2D eigenvalue weighted by Gasteiger charge is -2.08. The predicted octanol–water partition coefficient (Wildman–Crippen LogP) is -0.393. The van der Waals surface area contributed by atoms with Crippen molar-refractivity contribution in [2.24, 2.45) is 4.99 Å². The molecule has 4 heteroatoms. The van der Waals surface area contributed by atoms with Crippen LogP contribution in [-0.2, 0) is 6.54 Å². The Morgan fingerprint density at radius 2 is 2.15 bits per heavy atom. The highest BCUT2D eigenvalue weighted by Gasteiger charge is 2.21. The van der Waals surface area contributed by atoms with Gasteiger partial charge in [0.05, 0.1) is 6.54 Å². The van der Waals surface area contributed by atoms with Crippen molar-refractivity contribution >= 4 is 18.8 Å². The lowest BCUT2D eigenvalue weighted by molar-refractivity contribution is 0.425. The predicted molar refractivity (Wildman–Crippen MR) is 52.3 cm³/mol. The van der Waals surface area contributed by atoms with Crippen LogP contribution in [0.25, 0.3) is 0 Å². The second kappa shape index (κ2) is 2.98. The van der Waals surface area contributed by atoms with Gasteiger partial charge in [0.25, 0.3) is 0 Å². The molecule has 0 atom stereocenters. The molecule has 0 aromatic heterocycles. The summed E-state index contributed by atoms with van der Waals surface area (Å²) in [6.07, 6.45) is 1.71. The molecule has 0 aliphatic carbocycles. The van der Waals surface area contributed by atoms with Crippen molar-refractivity contribution < 1.29 is 10.0 Å². The summed E-state index contributed by atoms with van der Waals surface area (Å²) in [6, 6.07) is 3.87. The molecule has 0 amide bonds. The number of aryl methyl sites for hydroxylation is 1. The van der Waals surface area contributed by atoms with Crippen molar-refractivity contribution in [3.8, 4) is 0 Å². The molecular weight excluding hydrogens is 165 g/mol. The Kier molecular flexibility index (Phi) is 1.94. The van der Waals surface area contributed by atoms with E-state index in [0.717, 1.165) is 16.7 Å². The Hall–Kier alpha value is -1.13. The van der Waals surface area contributed by atoms with Crippen LogP contribution in [0.2, 0.25) is 0 Å². The van der Waals surface area contributed by atoms with Crippen LogP contribution in [0.3, 0.4) is 0 Å². The Labute approximate surface area is 76.9 Å². The molecule has 1 aliphatic heterocycles. The summed E-state index contributed by atoms with van der Waals surface area (Å²) in [5.74, 6) is 0. The topological polar surface area (TPSA) is 52.8 Å². The van der Waals surface area contributed by atoms with Gasteiger partial charge in [-0.25, -0.2) is 0 Å². The molecule has 1 aromatic rings. The lowest BCUT2D eigenvalue weighted by Crippen LogP contribution is -2.35. The van der Waals surface area contributed by atoms with Crippen LogP contribution in [0.4, 0.5) is 0 Å². The van der Waals surface area contributed by atoms with E-state index in [2.05, 4.69) is 4.99 Å². The summed E-state index contributed by atoms with van der Waals surface area (Å²) in [5, 5.41) is 18.3. The Morgan fingerprint density at radius 3 is 2.85 bits per heavy atom. The molecule has 0 saturated carbocycles. The van der Waals surface area contributed by atoms with E-state index in [-0.39, 0.29) is 0 Å². The average Bonchev–Trinajstić information content (AvgIpc) is 2.50. The summed E-state index contributed by atoms with van der Waals surface area (Å²) in [6.45, 7) is 2.51. The largest absolute Gasteiger partial charge is 0.489 e. The summed E-state index contributed by atoms with van der Waals surface area (Å²) in [4.78, 5) is 4.09. The highest BCUT2D eigenvalue weighted by Crippen LogP contribution is 2.14. The first-order valence-corrected chi connectivity index (χ1v) is 4.18. The van der Waals surface area contributed by atoms with Gasteiger partial charge < -0.3 is 10.0 Å². The number of aliphatic imine (C=N–C) groups is 1. The van der Waals surface area contributed by atoms with Gasteiger partial charge in [-0.2, -0.15) is 0 Å². The zero-order valence-electron chi connectivity index (χ0n) is 7.36. The maximum atomic E-state index is 9.16. The third-order valence-electron chi connectivity index (χ3n) is 2.34. The molecule has 66 valence electrons. The van der Waals surface area contributed by atoms with Gasteiger partial charge in [0.15, 0.2) is 0 Å². The first-order chi connectivity index (χ1) is 6.20. The van der Waals surface area contributed by atoms with E-state index in [1.165, 1.54) is 0 Å². The van der Waals surface area contributed by atoms with Gasteiger partial charge in [-0.15, -0.1) is 0 Å². The van der Waals surface area contributed by atoms with Gasteiger partial charge in [-0.05, 0) is 23.5 Å². The van der Waals surface area contributed by atoms with E-state index < -0.39 is 7.12 Å². The number of benzene rings is 1. The van der Waals surface area contributed by atoms with Crippen molar-refractivity contribution in [1.82, 2.24) is 0 Å². The fraction of sp³-hybridized carbons (Fsp3) is 0.222. The second-order valence-electron chi connectivity index (χ2n) is 3.21. The number of hydrogen-bond acceptors (Lipinski definition) is 3. The van der Waals surface area contributed by atoms with Crippen LogP contribution in [0.1, 0.15) is 16.7 Å². The van der Waals surface area contributed by atoms with Crippen LogP contribution >= 0.6 is 0 Å². The lowest BCUT2D eigenvalue weighted by atomic mass is 9.73. The first kappa shape index (κ1) is 8.47. The summed E-state index contributed by atoms with van der Waals surface area (Å²) < 4.78 is 0. The van der Waals surface area contributed by atoms with E-state index in [0.29, 0.717) is 12.0 Å². The molecule has 13 heavy (non-hydrogen) atoms. The molecule has 0 spiro atoms. The van der Waals surface area contributed by atoms with Gasteiger partial charge in [0, 0.05) is 6.21 Å². The van der Waals surface area contributed by atoms with Gasteiger partial charge >= 0.3 is 7.12 Å². The van der Waals surface area contributed by atoms with E-state index in [9.17, 15) is 0 Å². The minimum absolute atomic E-state index is 0.582. The van der Waals surface area contributed by atoms with Crippen LogP contribution in [0.5, 0.6) is 0 Å². The summed E-state index contributed by atoms with van der Waals surface area (Å²) >= 11 is 0. The normalized spacial score (nSPS) is 13.2. The summed E-state index contributed by atoms with van der Waals surface area (Å²) in [7, 11) is -1.40.